The number of nitrogens with one attached hydrogen (secondary N) is 1. The third-order valence-electron chi connectivity index (χ3n) is 3.80. The number of carbonyl (C=O) groups excluding carboxylic acids is 1. The zero-order valence-electron chi connectivity index (χ0n) is 11.3. The van der Waals surface area contributed by atoms with Gasteiger partial charge in [0.25, 0.3) is 0 Å². The fraction of sp³-hybridized carbons (Fsp3) is 0.500. The van der Waals surface area contributed by atoms with Crippen LogP contribution in [0.2, 0.25) is 0 Å². The summed E-state index contributed by atoms with van der Waals surface area (Å²) >= 11 is 0. The van der Waals surface area contributed by atoms with Gasteiger partial charge in [0.15, 0.2) is 11.5 Å². The quantitative estimate of drug-likeness (QED) is 0.706. The minimum Gasteiger partial charge on any atom is -0.454 e. The number of carbonyl (C=O) groups is 1. The van der Waals surface area contributed by atoms with Crippen molar-refractivity contribution in [2.75, 3.05) is 6.79 Å². The predicted molar refractivity (Wildman–Crippen MR) is 71.6 cm³/mol. The summed E-state index contributed by atoms with van der Waals surface area (Å²) in [5.41, 5.74) is 7.94. The molecule has 2 unspecified atom stereocenters. The maximum absolute atomic E-state index is 11.8. The second-order valence-corrected chi connectivity index (χ2v) is 5.35. The molecule has 6 heteroatoms. The average molecular weight is 278 g/mol. The van der Waals surface area contributed by atoms with Gasteiger partial charge < -0.3 is 25.6 Å². The number of hydrogen-bond donors (Lipinski definition) is 3. The van der Waals surface area contributed by atoms with Gasteiger partial charge in [0.2, 0.25) is 12.7 Å². The molecule has 2 aliphatic rings. The van der Waals surface area contributed by atoms with E-state index in [1.165, 1.54) is 6.92 Å². The van der Waals surface area contributed by atoms with Crippen LogP contribution in [0.3, 0.4) is 0 Å². The van der Waals surface area contributed by atoms with E-state index in [0.717, 1.165) is 35.5 Å². The molecule has 3 rings (SSSR count). The Morgan fingerprint density at radius 2 is 1.90 bits per heavy atom. The van der Waals surface area contributed by atoms with E-state index in [2.05, 4.69) is 5.32 Å². The first-order valence-corrected chi connectivity index (χ1v) is 6.70. The van der Waals surface area contributed by atoms with Gasteiger partial charge in [-0.05, 0) is 43.0 Å². The topological polar surface area (TPSA) is 93.8 Å². The molecule has 1 aliphatic heterocycles. The summed E-state index contributed by atoms with van der Waals surface area (Å²) in [4.78, 5) is 11.8. The largest absolute Gasteiger partial charge is 0.454 e. The molecular weight excluding hydrogens is 260 g/mol. The smallest absolute Gasteiger partial charge is 0.239 e. The van der Waals surface area contributed by atoms with Crippen molar-refractivity contribution in [3.05, 3.63) is 23.3 Å². The highest BCUT2D eigenvalue weighted by Crippen LogP contribution is 2.37. The lowest BCUT2D eigenvalue weighted by molar-refractivity contribution is -0.125. The lowest BCUT2D eigenvalue weighted by Gasteiger charge is -2.18. The van der Waals surface area contributed by atoms with Gasteiger partial charge in [0, 0.05) is 6.04 Å². The average Bonchev–Trinajstić information content (AvgIpc) is 2.99. The standard InChI is InChI=1S/C14H18N2O4/c1-7(17)13(15)14(18)16-10-2-8-4-11-12(20-6-19-11)5-9(8)3-10/h4-5,7,10,13,17H,2-3,6,15H2,1H3,(H,16,18). The van der Waals surface area contributed by atoms with Crippen LogP contribution in [0.15, 0.2) is 12.1 Å². The molecule has 4 N–H and O–H groups in total. The molecule has 0 spiro atoms. The van der Waals surface area contributed by atoms with Gasteiger partial charge in [-0.15, -0.1) is 0 Å². The summed E-state index contributed by atoms with van der Waals surface area (Å²) in [5, 5.41) is 12.2. The summed E-state index contributed by atoms with van der Waals surface area (Å²) < 4.78 is 10.7. The zero-order valence-corrected chi connectivity index (χ0v) is 11.3. The minimum atomic E-state index is -0.893. The molecule has 0 saturated heterocycles. The van der Waals surface area contributed by atoms with Crippen molar-refractivity contribution >= 4 is 5.91 Å². The molecule has 0 saturated carbocycles. The molecule has 1 aromatic carbocycles. The minimum absolute atomic E-state index is 0.00447. The first kappa shape index (κ1) is 13.2. The molecule has 1 aromatic rings. The van der Waals surface area contributed by atoms with Crippen LogP contribution in [0.4, 0.5) is 0 Å². The van der Waals surface area contributed by atoms with E-state index in [0.29, 0.717) is 0 Å². The highest BCUT2D eigenvalue weighted by Gasteiger charge is 2.28. The number of hydrogen-bond acceptors (Lipinski definition) is 5. The van der Waals surface area contributed by atoms with Crippen LogP contribution < -0.4 is 20.5 Å². The predicted octanol–water partition coefficient (Wildman–Crippen LogP) is -0.293. The third kappa shape index (κ3) is 2.32. The molecule has 6 nitrogen and oxygen atoms in total. The number of rotatable bonds is 3. The Labute approximate surface area is 116 Å². The summed E-state index contributed by atoms with van der Waals surface area (Å²) in [5.74, 6) is 1.20. The van der Waals surface area contributed by atoms with Gasteiger partial charge in [-0.1, -0.05) is 0 Å². The van der Waals surface area contributed by atoms with Crippen molar-refractivity contribution < 1.29 is 19.4 Å². The van der Waals surface area contributed by atoms with E-state index >= 15 is 0 Å². The lowest BCUT2D eigenvalue weighted by atomic mass is 10.1. The number of benzene rings is 1. The molecule has 108 valence electrons. The van der Waals surface area contributed by atoms with Crippen LogP contribution in [0.5, 0.6) is 11.5 Å². The van der Waals surface area contributed by atoms with Crippen molar-refractivity contribution in [3.8, 4) is 11.5 Å². The van der Waals surface area contributed by atoms with Crippen molar-refractivity contribution in [1.82, 2.24) is 5.32 Å². The summed E-state index contributed by atoms with van der Waals surface area (Å²) in [6.07, 6.45) is 0.624. The normalized spacial score (nSPS) is 19.6. The Balaban J connectivity index is 1.67. The highest BCUT2D eigenvalue weighted by molar-refractivity contribution is 5.82. The summed E-state index contributed by atoms with van der Waals surface area (Å²) in [6.45, 7) is 1.77. The van der Waals surface area contributed by atoms with Gasteiger partial charge in [0.05, 0.1) is 6.10 Å². The molecule has 1 aliphatic carbocycles. The molecule has 0 bridgehead atoms. The monoisotopic (exact) mass is 278 g/mol. The molecular formula is C14H18N2O4. The van der Waals surface area contributed by atoms with Crippen LogP contribution in [0.1, 0.15) is 18.1 Å². The molecule has 1 amide bonds. The Morgan fingerprint density at radius 3 is 2.40 bits per heavy atom. The second kappa shape index (κ2) is 4.96. The van der Waals surface area contributed by atoms with E-state index in [-0.39, 0.29) is 18.7 Å². The Kier molecular flexibility index (Phi) is 3.27. The first-order valence-electron chi connectivity index (χ1n) is 6.70. The van der Waals surface area contributed by atoms with Crippen LogP contribution in [0.25, 0.3) is 0 Å². The van der Waals surface area contributed by atoms with Crippen LogP contribution in [-0.4, -0.2) is 36.0 Å². The van der Waals surface area contributed by atoms with Crippen LogP contribution in [-0.2, 0) is 17.6 Å². The fourth-order valence-corrected chi connectivity index (χ4v) is 2.63. The maximum Gasteiger partial charge on any atom is 0.239 e. The van der Waals surface area contributed by atoms with E-state index in [1.54, 1.807) is 0 Å². The third-order valence-corrected chi connectivity index (χ3v) is 3.80. The van der Waals surface area contributed by atoms with Crippen LogP contribution in [0, 0.1) is 0 Å². The number of aliphatic hydroxyl groups excluding tert-OH is 1. The SMILES string of the molecule is CC(O)C(N)C(=O)NC1Cc2cc3c(cc2C1)OCO3. The highest BCUT2D eigenvalue weighted by atomic mass is 16.7. The van der Waals surface area contributed by atoms with Crippen molar-refractivity contribution in [1.29, 1.82) is 0 Å². The van der Waals surface area contributed by atoms with Crippen LogP contribution >= 0.6 is 0 Å². The summed E-state index contributed by atoms with van der Waals surface area (Å²) in [7, 11) is 0. The second-order valence-electron chi connectivity index (χ2n) is 5.35. The Morgan fingerprint density at radius 1 is 1.35 bits per heavy atom. The Hall–Kier alpha value is -1.79. The fourth-order valence-electron chi connectivity index (χ4n) is 2.63. The van der Waals surface area contributed by atoms with Crippen molar-refractivity contribution in [2.24, 2.45) is 5.73 Å². The maximum atomic E-state index is 11.8. The molecule has 0 fully saturated rings. The van der Waals surface area contributed by atoms with Crippen molar-refractivity contribution in [2.45, 2.75) is 38.0 Å². The van der Waals surface area contributed by atoms with E-state index in [4.69, 9.17) is 15.2 Å². The number of fused-ring (bicyclic) bond motifs is 2. The lowest BCUT2D eigenvalue weighted by Crippen LogP contribution is -2.50. The number of nitrogens with two attached hydrogens (primary N) is 1. The van der Waals surface area contributed by atoms with E-state index < -0.39 is 12.1 Å². The van der Waals surface area contributed by atoms with Gasteiger partial charge in [0.1, 0.15) is 6.04 Å². The summed E-state index contributed by atoms with van der Waals surface area (Å²) in [6, 6.07) is 3.05. The first-order chi connectivity index (χ1) is 9.54. The zero-order chi connectivity index (χ0) is 14.3. The number of ether oxygens (including phenoxy) is 2. The van der Waals surface area contributed by atoms with E-state index in [1.807, 2.05) is 12.1 Å². The van der Waals surface area contributed by atoms with Gasteiger partial charge >= 0.3 is 0 Å². The van der Waals surface area contributed by atoms with Crippen molar-refractivity contribution in [3.63, 3.8) is 0 Å². The van der Waals surface area contributed by atoms with E-state index in [9.17, 15) is 9.90 Å². The Bertz CT molecular complexity index is 511. The van der Waals surface area contributed by atoms with Gasteiger partial charge in [-0.3, -0.25) is 4.79 Å². The molecule has 2 atom stereocenters. The van der Waals surface area contributed by atoms with Gasteiger partial charge in [-0.25, -0.2) is 0 Å². The van der Waals surface area contributed by atoms with Gasteiger partial charge in [-0.2, -0.15) is 0 Å². The molecule has 0 radical (unpaired) electrons. The molecule has 20 heavy (non-hydrogen) atoms. The number of aliphatic hydroxyl groups is 1. The molecule has 0 aromatic heterocycles. The number of amides is 1. The molecule has 1 heterocycles.